The molecule has 1 amide bonds. The minimum absolute atomic E-state index is 0.000875. The van der Waals surface area contributed by atoms with E-state index in [0.717, 1.165) is 16.6 Å². The van der Waals surface area contributed by atoms with Crippen molar-refractivity contribution in [1.29, 1.82) is 0 Å². The summed E-state index contributed by atoms with van der Waals surface area (Å²) in [6.07, 6.45) is 4.73. The SMILES string of the molecule is CN(Cc1nccn1C(F)F)C(=O)C1(c2ccc(F)cc2)CCC1. The van der Waals surface area contributed by atoms with Crippen LogP contribution in [0.1, 0.15) is 37.2 Å². The molecule has 0 bridgehead atoms. The number of rotatable bonds is 5. The molecule has 1 aliphatic carbocycles. The Kier molecular flexibility index (Phi) is 4.34. The van der Waals surface area contributed by atoms with Gasteiger partial charge >= 0.3 is 6.55 Å². The van der Waals surface area contributed by atoms with Crippen molar-refractivity contribution in [3.8, 4) is 0 Å². The van der Waals surface area contributed by atoms with Gasteiger partial charge in [-0.1, -0.05) is 18.6 Å². The third-order valence-corrected chi connectivity index (χ3v) is 4.70. The van der Waals surface area contributed by atoms with E-state index in [9.17, 15) is 18.0 Å². The molecule has 1 aromatic heterocycles. The summed E-state index contributed by atoms with van der Waals surface area (Å²) in [4.78, 5) is 18.3. The predicted octanol–water partition coefficient (Wildman–Crippen LogP) is 3.50. The van der Waals surface area contributed by atoms with Crippen molar-refractivity contribution in [2.24, 2.45) is 0 Å². The van der Waals surface area contributed by atoms with E-state index in [-0.39, 0.29) is 24.1 Å². The first-order chi connectivity index (χ1) is 11.4. The summed E-state index contributed by atoms with van der Waals surface area (Å²) in [6.45, 7) is -2.69. The highest BCUT2D eigenvalue weighted by molar-refractivity contribution is 5.89. The van der Waals surface area contributed by atoms with Crippen LogP contribution in [0.25, 0.3) is 0 Å². The average molecular weight is 337 g/mol. The lowest BCUT2D eigenvalue weighted by atomic mass is 9.63. The number of likely N-dealkylation sites (N-methyl/N-ethyl adjacent to an activating group) is 1. The van der Waals surface area contributed by atoms with E-state index in [1.54, 1.807) is 19.2 Å². The Morgan fingerprint density at radius 1 is 1.33 bits per heavy atom. The number of aromatic nitrogens is 2. The lowest BCUT2D eigenvalue weighted by Crippen LogP contribution is -2.49. The van der Waals surface area contributed by atoms with Crippen molar-refractivity contribution in [1.82, 2.24) is 14.5 Å². The van der Waals surface area contributed by atoms with Crippen LogP contribution in [0.3, 0.4) is 0 Å². The Morgan fingerprint density at radius 3 is 2.54 bits per heavy atom. The van der Waals surface area contributed by atoms with Crippen LogP contribution in [0.5, 0.6) is 0 Å². The number of carbonyl (C=O) groups is 1. The molecule has 0 spiro atoms. The maximum atomic E-state index is 13.2. The summed E-state index contributed by atoms with van der Waals surface area (Å²) in [5, 5.41) is 0. The van der Waals surface area contributed by atoms with Gasteiger partial charge in [0.25, 0.3) is 0 Å². The number of carbonyl (C=O) groups excluding carboxylic acids is 1. The highest BCUT2D eigenvalue weighted by Crippen LogP contribution is 2.45. The topological polar surface area (TPSA) is 38.1 Å². The summed E-state index contributed by atoms with van der Waals surface area (Å²) in [5.41, 5.74) is 0.0780. The van der Waals surface area contributed by atoms with Crippen molar-refractivity contribution in [3.63, 3.8) is 0 Å². The van der Waals surface area contributed by atoms with E-state index in [0.29, 0.717) is 12.8 Å². The number of hydrogen-bond donors (Lipinski definition) is 0. The minimum Gasteiger partial charge on any atom is -0.338 e. The molecule has 24 heavy (non-hydrogen) atoms. The third kappa shape index (κ3) is 2.79. The maximum absolute atomic E-state index is 13.2. The van der Waals surface area contributed by atoms with Gasteiger partial charge in [-0.3, -0.25) is 9.36 Å². The second-order valence-electron chi connectivity index (χ2n) is 6.13. The van der Waals surface area contributed by atoms with E-state index in [2.05, 4.69) is 4.98 Å². The minimum atomic E-state index is -2.69. The molecule has 4 nitrogen and oxygen atoms in total. The van der Waals surface area contributed by atoms with Gasteiger partial charge in [0.15, 0.2) is 0 Å². The van der Waals surface area contributed by atoms with Gasteiger partial charge in [-0.05, 0) is 30.5 Å². The molecule has 3 rings (SSSR count). The van der Waals surface area contributed by atoms with Gasteiger partial charge in [0.1, 0.15) is 11.6 Å². The van der Waals surface area contributed by atoms with E-state index >= 15 is 0 Å². The molecule has 0 unspecified atom stereocenters. The second kappa shape index (κ2) is 6.30. The normalized spacial score (nSPS) is 16.0. The van der Waals surface area contributed by atoms with Gasteiger partial charge in [0.05, 0.1) is 12.0 Å². The summed E-state index contributed by atoms with van der Waals surface area (Å²) in [5.74, 6) is -0.369. The van der Waals surface area contributed by atoms with Crippen molar-refractivity contribution >= 4 is 5.91 Å². The molecule has 0 aliphatic heterocycles. The fourth-order valence-electron chi connectivity index (χ4n) is 3.22. The molecule has 0 saturated heterocycles. The summed E-state index contributed by atoms with van der Waals surface area (Å²) < 4.78 is 39.7. The van der Waals surface area contributed by atoms with E-state index in [1.807, 2.05) is 0 Å². The molecule has 1 aromatic carbocycles. The van der Waals surface area contributed by atoms with Crippen LogP contribution in [0.2, 0.25) is 0 Å². The fourth-order valence-corrected chi connectivity index (χ4v) is 3.22. The molecule has 1 aliphatic rings. The van der Waals surface area contributed by atoms with Crippen molar-refractivity contribution in [2.45, 2.75) is 37.8 Å². The van der Waals surface area contributed by atoms with Crippen LogP contribution in [0.15, 0.2) is 36.7 Å². The zero-order valence-electron chi connectivity index (χ0n) is 13.3. The van der Waals surface area contributed by atoms with Gasteiger partial charge in [-0.2, -0.15) is 8.78 Å². The first kappa shape index (κ1) is 16.5. The third-order valence-electron chi connectivity index (χ3n) is 4.70. The number of alkyl halides is 2. The predicted molar refractivity (Wildman–Crippen MR) is 81.9 cm³/mol. The van der Waals surface area contributed by atoms with Crippen LogP contribution < -0.4 is 0 Å². The molecule has 0 radical (unpaired) electrons. The number of benzene rings is 1. The highest BCUT2D eigenvalue weighted by Gasteiger charge is 2.47. The Morgan fingerprint density at radius 2 is 2.00 bits per heavy atom. The molecule has 2 aromatic rings. The highest BCUT2D eigenvalue weighted by atomic mass is 19.3. The quantitative estimate of drug-likeness (QED) is 0.837. The number of amides is 1. The maximum Gasteiger partial charge on any atom is 0.319 e. The molecule has 0 N–H and O–H groups in total. The smallest absolute Gasteiger partial charge is 0.319 e. The largest absolute Gasteiger partial charge is 0.338 e. The molecule has 128 valence electrons. The summed E-state index contributed by atoms with van der Waals surface area (Å²) in [6, 6.07) is 5.93. The first-order valence-corrected chi connectivity index (χ1v) is 7.75. The van der Waals surface area contributed by atoms with Crippen LogP contribution in [0.4, 0.5) is 13.2 Å². The molecular weight excluding hydrogens is 319 g/mol. The lowest BCUT2D eigenvalue weighted by molar-refractivity contribution is -0.140. The second-order valence-corrected chi connectivity index (χ2v) is 6.13. The number of imidazole rings is 1. The van der Waals surface area contributed by atoms with Gasteiger partial charge in [-0.15, -0.1) is 0 Å². The van der Waals surface area contributed by atoms with Gasteiger partial charge in [0.2, 0.25) is 5.91 Å². The van der Waals surface area contributed by atoms with Crippen LogP contribution in [0, 0.1) is 5.82 Å². The Balaban J connectivity index is 1.81. The van der Waals surface area contributed by atoms with Crippen molar-refractivity contribution < 1.29 is 18.0 Å². The van der Waals surface area contributed by atoms with Crippen molar-refractivity contribution in [2.75, 3.05) is 7.05 Å². The van der Waals surface area contributed by atoms with Gasteiger partial charge in [0, 0.05) is 19.4 Å². The standard InChI is InChI=1S/C17H18F3N3O/c1-22(11-14-21-9-10-23(14)16(19)20)15(24)17(7-2-8-17)12-3-5-13(18)6-4-12/h3-6,9-10,16H,2,7-8,11H2,1H3. The summed E-state index contributed by atoms with van der Waals surface area (Å²) in [7, 11) is 1.58. The molecular formula is C17H18F3N3O. The van der Waals surface area contributed by atoms with Gasteiger partial charge in [-0.25, -0.2) is 9.37 Å². The van der Waals surface area contributed by atoms with Crippen LogP contribution >= 0.6 is 0 Å². The number of nitrogens with zero attached hydrogens (tertiary/aromatic N) is 3. The zero-order chi connectivity index (χ0) is 17.3. The molecule has 0 atom stereocenters. The lowest BCUT2D eigenvalue weighted by Gasteiger charge is -2.43. The molecule has 7 heteroatoms. The monoisotopic (exact) mass is 337 g/mol. The van der Waals surface area contributed by atoms with Crippen LogP contribution in [-0.4, -0.2) is 27.4 Å². The number of halogens is 3. The average Bonchev–Trinajstić information content (AvgIpc) is 2.96. The molecule has 1 fully saturated rings. The zero-order valence-corrected chi connectivity index (χ0v) is 13.3. The van der Waals surface area contributed by atoms with Crippen LogP contribution in [-0.2, 0) is 16.8 Å². The van der Waals surface area contributed by atoms with E-state index in [4.69, 9.17) is 0 Å². The summed E-state index contributed by atoms with van der Waals surface area (Å²) >= 11 is 0. The Hall–Kier alpha value is -2.31. The van der Waals surface area contributed by atoms with E-state index < -0.39 is 12.0 Å². The van der Waals surface area contributed by atoms with E-state index in [1.165, 1.54) is 29.4 Å². The van der Waals surface area contributed by atoms with Crippen molar-refractivity contribution in [3.05, 3.63) is 53.9 Å². The fraction of sp³-hybridized carbons (Fsp3) is 0.412. The van der Waals surface area contributed by atoms with Gasteiger partial charge < -0.3 is 4.90 Å². The first-order valence-electron chi connectivity index (χ1n) is 7.75. The Bertz CT molecular complexity index is 723. The molecule has 1 saturated carbocycles. The number of hydrogen-bond acceptors (Lipinski definition) is 2. The Labute approximate surface area is 137 Å². The molecule has 1 heterocycles.